The molecule has 1 aromatic carbocycles. The third kappa shape index (κ3) is 2.57. The topological polar surface area (TPSA) is 86.7 Å². The van der Waals surface area contributed by atoms with Crippen LogP contribution in [0.2, 0.25) is 0 Å². The highest BCUT2D eigenvalue weighted by Crippen LogP contribution is 2.29. The molecule has 1 aromatic rings. The van der Waals surface area contributed by atoms with Crippen LogP contribution in [-0.4, -0.2) is 36.5 Å². The first-order valence-corrected chi connectivity index (χ1v) is 5.90. The highest BCUT2D eigenvalue weighted by atomic mass is 16.4. The van der Waals surface area contributed by atoms with Gasteiger partial charge in [-0.25, -0.2) is 4.79 Å². The molecule has 0 radical (unpaired) electrons. The Morgan fingerprint density at radius 1 is 1.42 bits per heavy atom. The number of aromatic carboxylic acids is 1. The number of nitrogens with zero attached hydrogens (tertiary/aromatic N) is 1. The number of carbonyl (C=O) groups excluding carboxylic acids is 2. The van der Waals surface area contributed by atoms with Gasteiger partial charge in [-0.2, -0.15) is 0 Å². The lowest BCUT2D eigenvalue weighted by atomic mass is 10.1. The molecule has 0 aliphatic carbocycles. The average molecular weight is 262 g/mol. The van der Waals surface area contributed by atoms with Crippen LogP contribution in [0.15, 0.2) is 18.2 Å². The summed E-state index contributed by atoms with van der Waals surface area (Å²) in [5, 5.41) is 11.4. The summed E-state index contributed by atoms with van der Waals surface area (Å²) in [5.74, 6) is -1.26. The van der Waals surface area contributed by atoms with Crippen molar-refractivity contribution in [2.24, 2.45) is 0 Å². The van der Waals surface area contributed by atoms with Crippen molar-refractivity contribution in [3.05, 3.63) is 29.3 Å². The molecule has 6 heteroatoms. The van der Waals surface area contributed by atoms with Crippen LogP contribution in [0.5, 0.6) is 0 Å². The van der Waals surface area contributed by atoms with E-state index in [1.54, 1.807) is 13.1 Å². The number of amides is 2. The highest BCUT2D eigenvalue weighted by molar-refractivity contribution is 6.03. The number of hydrogen-bond donors (Lipinski definition) is 2. The maximum absolute atomic E-state index is 11.9. The Hall–Kier alpha value is -2.37. The standard InChI is InChI=1S/C13H14N2O4/c1-14-11(16)4-5-15-10-3-2-8(13(18)19)6-9(10)7-12(15)17/h2-3,6H,4-5,7H2,1H3,(H,14,16)(H,18,19). The third-order valence-corrected chi connectivity index (χ3v) is 3.10. The minimum atomic E-state index is -1.01. The van der Waals surface area contributed by atoms with Gasteiger partial charge in [-0.3, -0.25) is 9.59 Å². The molecule has 100 valence electrons. The van der Waals surface area contributed by atoms with Crippen LogP contribution >= 0.6 is 0 Å². The molecule has 1 heterocycles. The van der Waals surface area contributed by atoms with Gasteiger partial charge in [-0.1, -0.05) is 0 Å². The van der Waals surface area contributed by atoms with Gasteiger partial charge in [0.05, 0.1) is 12.0 Å². The smallest absolute Gasteiger partial charge is 0.335 e. The monoisotopic (exact) mass is 262 g/mol. The molecule has 1 aliphatic heterocycles. The number of rotatable bonds is 4. The van der Waals surface area contributed by atoms with E-state index in [-0.39, 0.29) is 30.2 Å². The summed E-state index contributed by atoms with van der Waals surface area (Å²) >= 11 is 0. The van der Waals surface area contributed by atoms with Crippen LogP contribution in [0.4, 0.5) is 5.69 Å². The Labute approximate surface area is 110 Å². The van der Waals surface area contributed by atoms with Crippen molar-refractivity contribution in [1.29, 1.82) is 0 Å². The summed E-state index contributed by atoms with van der Waals surface area (Å²) in [5.41, 5.74) is 1.56. The van der Waals surface area contributed by atoms with E-state index in [9.17, 15) is 14.4 Å². The highest BCUT2D eigenvalue weighted by Gasteiger charge is 2.28. The molecule has 0 aromatic heterocycles. The molecule has 0 saturated carbocycles. The quantitative estimate of drug-likeness (QED) is 0.822. The molecule has 2 N–H and O–H groups in total. The molecule has 1 aliphatic rings. The van der Waals surface area contributed by atoms with Crippen LogP contribution in [0.25, 0.3) is 0 Å². The number of carbonyl (C=O) groups is 3. The molecular formula is C13H14N2O4. The number of fused-ring (bicyclic) bond motifs is 1. The van der Waals surface area contributed by atoms with Crippen molar-refractivity contribution in [3.63, 3.8) is 0 Å². The first-order chi connectivity index (χ1) is 9.02. The number of nitrogens with one attached hydrogen (secondary N) is 1. The minimum Gasteiger partial charge on any atom is -0.478 e. The number of carboxylic acid groups (broad SMARTS) is 1. The van der Waals surface area contributed by atoms with Crippen molar-refractivity contribution in [3.8, 4) is 0 Å². The van der Waals surface area contributed by atoms with Crippen LogP contribution in [-0.2, 0) is 16.0 Å². The third-order valence-electron chi connectivity index (χ3n) is 3.10. The molecule has 2 rings (SSSR count). The predicted molar refractivity (Wildman–Crippen MR) is 68.1 cm³/mol. The molecule has 6 nitrogen and oxygen atoms in total. The Balaban J connectivity index is 2.20. The number of carboxylic acids is 1. The molecule has 2 amide bonds. The second-order valence-electron chi connectivity index (χ2n) is 4.29. The average Bonchev–Trinajstić information content (AvgIpc) is 2.70. The SMILES string of the molecule is CNC(=O)CCN1C(=O)Cc2cc(C(=O)O)ccc21. The maximum Gasteiger partial charge on any atom is 0.335 e. The van der Waals surface area contributed by atoms with Crippen molar-refractivity contribution >= 4 is 23.5 Å². The Morgan fingerprint density at radius 2 is 2.16 bits per heavy atom. The summed E-state index contributed by atoms with van der Waals surface area (Å²) in [6.45, 7) is 0.303. The lowest BCUT2D eigenvalue weighted by Crippen LogP contribution is -2.31. The molecular weight excluding hydrogens is 248 g/mol. The van der Waals surface area contributed by atoms with Gasteiger partial charge in [0, 0.05) is 25.7 Å². The fraction of sp³-hybridized carbons (Fsp3) is 0.308. The van der Waals surface area contributed by atoms with E-state index >= 15 is 0 Å². The van der Waals surface area contributed by atoms with Crippen molar-refractivity contribution in [1.82, 2.24) is 5.32 Å². The second kappa shape index (κ2) is 5.09. The first-order valence-electron chi connectivity index (χ1n) is 5.90. The molecule has 19 heavy (non-hydrogen) atoms. The van der Waals surface area contributed by atoms with Crippen molar-refractivity contribution in [2.45, 2.75) is 12.8 Å². The van der Waals surface area contributed by atoms with Crippen molar-refractivity contribution in [2.75, 3.05) is 18.5 Å². The van der Waals surface area contributed by atoms with Gasteiger partial charge < -0.3 is 15.3 Å². The van der Waals surface area contributed by atoms with E-state index in [0.29, 0.717) is 17.8 Å². The fourth-order valence-corrected chi connectivity index (χ4v) is 2.10. The van der Waals surface area contributed by atoms with E-state index in [1.165, 1.54) is 17.0 Å². The summed E-state index contributed by atoms with van der Waals surface area (Å²) < 4.78 is 0. The van der Waals surface area contributed by atoms with Gasteiger partial charge in [0.1, 0.15) is 0 Å². The number of benzene rings is 1. The van der Waals surface area contributed by atoms with E-state index in [4.69, 9.17) is 5.11 Å². The lowest BCUT2D eigenvalue weighted by molar-refractivity contribution is -0.120. The first kappa shape index (κ1) is 13.1. The fourth-order valence-electron chi connectivity index (χ4n) is 2.10. The normalized spacial score (nSPS) is 13.3. The summed E-state index contributed by atoms with van der Waals surface area (Å²) in [6.07, 6.45) is 0.409. The van der Waals surface area contributed by atoms with Crippen LogP contribution in [0.1, 0.15) is 22.3 Å². The van der Waals surface area contributed by atoms with Gasteiger partial charge in [0.25, 0.3) is 0 Å². The molecule has 0 saturated heterocycles. The molecule has 0 bridgehead atoms. The summed E-state index contributed by atoms with van der Waals surface area (Å²) in [6, 6.07) is 4.59. The largest absolute Gasteiger partial charge is 0.478 e. The van der Waals surface area contributed by atoms with Gasteiger partial charge >= 0.3 is 5.97 Å². The van der Waals surface area contributed by atoms with Crippen molar-refractivity contribution < 1.29 is 19.5 Å². The summed E-state index contributed by atoms with van der Waals surface area (Å²) in [7, 11) is 1.54. The van der Waals surface area contributed by atoms with Crippen LogP contribution in [0.3, 0.4) is 0 Å². The molecule has 0 fully saturated rings. The molecule has 0 atom stereocenters. The molecule has 0 unspecified atom stereocenters. The number of anilines is 1. The lowest BCUT2D eigenvalue weighted by Gasteiger charge is -2.16. The van der Waals surface area contributed by atoms with E-state index < -0.39 is 5.97 Å². The van der Waals surface area contributed by atoms with E-state index in [2.05, 4.69) is 5.32 Å². The maximum atomic E-state index is 11.9. The minimum absolute atomic E-state index is 0.110. The Kier molecular flexibility index (Phi) is 3.50. The second-order valence-corrected chi connectivity index (χ2v) is 4.29. The van der Waals surface area contributed by atoms with Crippen LogP contribution in [0, 0.1) is 0 Å². The van der Waals surface area contributed by atoms with E-state index in [1.807, 2.05) is 0 Å². The molecule has 0 spiro atoms. The summed E-state index contributed by atoms with van der Waals surface area (Å²) in [4.78, 5) is 35.5. The van der Waals surface area contributed by atoms with E-state index in [0.717, 1.165) is 0 Å². The number of hydrogen-bond acceptors (Lipinski definition) is 3. The van der Waals surface area contributed by atoms with Gasteiger partial charge in [-0.15, -0.1) is 0 Å². The Bertz CT molecular complexity index is 554. The van der Waals surface area contributed by atoms with Crippen LogP contribution < -0.4 is 10.2 Å². The zero-order chi connectivity index (χ0) is 14.0. The zero-order valence-corrected chi connectivity index (χ0v) is 10.5. The van der Waals surface area contributed by atoms with Gasteiger partial charge in [-0.05, 0) is 23.8 Å². The van der Waals surface area contributed by atoms with Gasteiger partial charge in [0.2, 0.25) is 11.8 Å². The Morgan fingerprint density at radius 3 is 2.79 bits per heavy atom. The predicted octanol–water partition coefficient (Wildman–Crippen LogP) is 0.410. The van der Waals surface area contributed by atoms with Gasteiger partial charge in [0.15, 0.2) is 0 Å². The zero-order valence-electron chi connectivity index (χ0n) is 10.5.